The van der Waals surface area contributed by atoms with Crippen molar-refractivity contribution < 1.29 is 9.59 Å². The number of fused-ring (bicyclic) bond motifs is 2. The number of aryl methyl sites for hydroxylation is 1. The number of Topliss-reactive ketones (excluding diaryl/α,β-unsaturated/α-hetero) is 1. The summed E-state index contributed by atoms with van der Waals surface area (Å²) in [6, 6.07) is 4.71. The highest BCUT2D eigenvalue weighted by Gasteiger charge is 2.42. The second kappa shape index (κ2) is 9.26. The molecule has 0 radical (unpaired) electrons. The third kappa shape index (κ3) is 3.94. The molecular weight excluding hydrogens is 400 g/mol. The normalized spacial score (nSPS) is 22.6. The molecule has 2 heterocycles. The topological polar surface area (TPSA) is 68.4 Å². The zero-order chi connectivity index (χ0) is 23.0. The van der Waals surface area contributed by atoms with Gasteiger partial charge in [0.1, 0.15) is 0 Å². The molecule has 0 spiro atoms. The number of nitrogens with one attached hydrogen (secondary N) is 2. The summed E-state index contributed by atoms with van der Waals surface area (Å²) >= 11 is 0. The molecule has 1 aliphatic heterocycles. The van der Waals surface area contributed by atoms with Gasteiger partial charge in [-0.15, -0.1) is 0 Å². The predicted octanol–water partition coefficient (Wildman–Crippen LogP) is 4.48. The summed E-state index contributed by atoms with van der Waals surface area (Å²) in [5.74, 6) is 0.416. The van der Waals surface area contributed by atoms with E-state index in [2.05, 4.69) is 35.1 Å². The average molecular weight is 439 g/mol. The Bertz CT molecular complexity index is 1010. The SMILES string of the molecule is CCCN1C[C@@H](NC(=O)N(CC)CC)CC2c3cc(C(C)=O)cc4[nH]c(CC)c(c34)C[C@H]21. The second-order valence-electron chi connectivity index (χ2n) is 9.41. The van der Waals surface area contributed by atoms with Crippen LogP contribution in [0.25, 0.3) is 10.9 Å². The summed E-state index contributed by atoms with van der Waals surface area (Å²) in [5, 5.41) is 4.64. The van der Waals surface area contributed by atoms with Crippen molar-refractivity contribution in [2.24, 2.45) is 0 Å². The van der Waals surface area contributed by atoms with Crippen LogP contribution >= 0.6 is 0 Å². The maximum Gasteiger partial charge on any atom is 0.317 e. The van der Waals surface area contributed by atoms with E-state index < -0.39 is 0 Å². The summed E-state index contributed by atoms with van der Waals surface area (Å²) in [6.07, 6.45) is 4.01. The van der Waals surface area contributed by atoms with Gasteiger partial charge in [0.05, 0.1) is 0 Å². The van der Waals surface area contributed by atoms with Crippen LogP contribution < -0.4 is 5.32 Å². The predicted molar refractivity (Wildman–Crippen MR) is 130 cm³/mol. The fourth-order valence-corrected chi connectivity index (χ4v) is 5.96. The van der Waals surface area contributed by atoms with Crippen LogP contribution in [-0.2, 0) is 12.8 Å². The first-order valence-corrected chi connectivity index (χ1v) is 12.4. The Balaban J connectivity index is 1.75. The summed E-state index contributed by atoms with van der Waals surface area (Å²) in [7, 11) is 0. The minimum absolute atomic E-state index is 0.0314. The number of aromatic amines is 1. The minimum atomic E-state index is 0.0314. The molecule has 2 N–H and O–H groups in total. The van der Waals surface area contributed by atoms with E-state index in [-0.39, 0.29) is 17.9 Å². The third-order valence-electron chi connectivity index (χ3n) is 7.51. The molecule has 4 rings (SSSR count). The first kappa shape index (κ1) is 22.8. The molecule has 2 amide bonds. The molecule has 1 aliphatic carbocycles. The van der Waals surface area contributed by atoms with Gasteiger partial charge in [-0.1, -0.05) is 13.8 Å². The van der Waals surface area contributed by atoms with Gasteiger partial charge in [-0.3, -0.25) is 9.69 Å². The molecule has 6 nitrogen and oxygen atoms in total. The van der Waals surface area contributed by atoms with Gasteiger partial charge in [0, 0.05) is 59.8 Å². The number of H-pyrrole nitrogens is 1. The highest BCUT2D eigenvalue weighted by atomic mass is 16.2. The number of urea groups is 1. The van der Waals surface area contributed by atoms with Crippen LogP contribution in [0.4, 0.5) is 4.79 Å². The number of hydrogen-bond donors (Lipinski definition) is 2. The zero-order valence-corrected chi connectivity index (χ0v) is 20.3. The summed E-state index contributed by atoms with van der Waals surface area (Å²) in [6.45, 7) is 13.5. The molecule has 1 unspecified atom stereocenters. The van der Waals surface area contributed by atoms with Crippen molar-refractivity contribution in [2.75, 3.05) is 26.2 Å². The standard InChI is InChI=1S/C26H38N4O2/c1-6-10-30-15-18(27-26(32)29(8-3)9-4)13-19-20-11-17(16(5)31)12-23-25(20)21(14-24(19)30)22(7-2)28-23/h11-12,18-19,24,28H,6-10,13-15H2,1-5H3,(H,27,32)/t18-,19?,24+/m0/s1. The van der Waals surface area contributed by atoms with E-state index in [1.165, 1.54) is 22.2 Å². The maximum absolute atomic E-state index is 12.8. The molecule has 2 aromatic rings. The number of benzene rings is 1. The monoisotopic (exact) mass is 438 g/mol. The van der Waals surface area contributed by atoms with Crippen molar-refractivity contribution in [3.05, 3.63) is 34.5 Å². The Hall–Kier alpha value is -2.34. The molecule has 0 saturated carbocycles. The summed E-state index contributed by atoms with van der Waals surface area (Å²) in [5.41, 5.74) is 5.89. The van der Waals surface area contributed by atoms with Crippen molar-refractivity contribution in [2.45, 2.75) is 78.3 Å². The molecule has 1 aromatic carbocycles. The number of nitrogens with zero attached hydrogens (tertiary/aromatic N) is 2. The van der Waals surface area contributed by atoms with E-state index in [1.54, 1.807) is 6.92 Å². The van der Waals surface area contributed by atoms with Crippen molar-refractivity contribution in [3.8, 4) is 0 Å². The van der Waals surface area contributed by atoms with Crippen LogP contribution in [0.3, 0.4) is 0 Å². The molecule has 3 atom stereocenters. The first-order valence-electron chi connectivity index (χ1n) is 12.4. The molecule has 32 heavy (non-hydrogen) atoms. The maximum atomic E-state index is 12.8. The van der Waals surface area contributed by atoms with Gasteiger partial charge in [0.25, 0.3) is 0 Å². The van der Waals surface area contributed by atoms with Crippen LogP contribution in [0.5, 0.6) is 0 Å². The van der Waals surface area contributed by atoms with Gasteiger partial charge in [-0.05, 0) is 76.3 Å². The van der Waals surface area contributed by atoms with Gasteiger partial charge < -0.3 is 15.2 Å². The number of hydrogen-bond acceptors (Lipinski definition) is 3. The Morgan fingerprint density at radius 1 is 1.19 bits per heavy atom. The molecule has 174 valence electrons. The first-order chi connectivity index (χ1) is 15.4. The van der Waals surface area contributed by atoms with E-state index in [1.807, 2.05) is 24.8 Å². The highest BCUT2D eigenvalue weighted by molar-refractivity contribution is 6.00. The lowest BCUT2D eigenvalue weighted by Crippen LogP contribution is -2.58. The largest absolute Gasteiger partial charge is 0.358 e. The van der Waals surface area contributed by atoms with E-state index in [9.17, 15) is 9.59 Å². The number of aromatic nitrogens is 1. The molecule has 0 bridgehead atoms. The summed E-state index contributed by atoms with van der Waals surface area (Å²) < 4.78 is 0. The number of carbonyl (C=O) groups is 2. The fraction of sp³-hybridized carbons (Fsp3) is 0.615. The van der Waals surface area contributed by atoms with E-state index >= 15 is 0 Å². The molecule has 1 saturated heterocycles. The van der Waals surface area contributed by atoms with Crippen molar-refractivity contribution in [1.29, 1.82) is 0 Å². The van der Waals surface area contributed by atoms with Crippen molar-refractivity contribution in [3.63, 3.8) is 0 Å². The number of amides is 2. The Morgan fingerprint density at radius 3 is 2.56 bits per heavy atom. The van der Waals surface area contributed by atoms with E-state index in [4.69, 9.17) is 0 Å². The van der Waals surface area contributed by atoms with Gasteiger partial charge in [-0.2, -0.15) is 0 Å². The van der Waals surface area contributed by atoms with Crippen LogP contribution in [0, 0.1) is 0 Å². The van der Waals surface area contributed by atoms with E-state index in [0.29, 0.717) is 25.0 Å². The number of ketones is 1. The minimum Gasteiger partial charge on any atom is -0.358 e. The van der Waals surface area contributed by atoms with Crippen LogP contribution in [0.2, 0.25) is 0 Å². The number of carbonyl (C=O) groups excluding carboxylic acids is 2. The molecular formula is C26H38N4O2. The van der Waals surface area contributed by atoms with Crippen LogP contribution in [0.15, 0.2) is 12.1 Å². The fourth-order valence-electron chi connectivity index (χ4n) is 5.96. The Morgan fingerprint density at radius 2 is 1.94 bits per heavy atom. The highest BCUT2D eigenvalue weighted by Crippen LogP contribution is 2.45. The molecule has 1 aromatic heterocycles. The molecule has 6 heteroatoms. The van der Waals surface area contributed by atoms with Gasteiger partial charge >= 0.3 is 6.03 Å². The van der Waals surface area contributed by atoms with Crippen molar-refractivity contribution >= 4 is 22.7 Å². The van der Waals surface area contributed by atoms with E-state index in [0.717, 1.165) is 49.9 Å². The number of rotatable bonds is 7. The lowest BCUT2D eigenvalue weighted by Gasteiger charge is -2.47. The zero-order valence-electron chi connectivity index (χ0n) is 20.3. The molecule has 2 aliphatic rings. The second-order valence-corrected chi connectivity index (χ2v) is 9.41. The average Bonchev–Trinajstić information content (AvgIpc) is 3.13. The lowest BCUT2D eigenvalue weighted by molar-refractivity contribution is 0.0976. The van der Waals surface area contributed by atoms with Crippen LogP contribution in [-0.4, -0.2) is 64.9 Å². The molecule has 1 fully saturated rings. The van der Waals surface area contributed by atoms with Gasteiger partial charge in [0.2, 0.25) is 0 Å². The summed E-state index contributed by atoms with van der Waals surface area (Å²) in [4.78, 5) is 33.2. The third-order valence-corrected chi connectivity index (χ3v) is 7.51. The quantitative estimate of drug-likeness (QED) is 0.627. The Kier molecular flexibility index (Phi) is 6.61. The van der Waals surface area contributed by atoms with Gasteiger partial charge in [0.15, 0.2) is 5.78 Å². The lowest BCUT2D eigenvalue weighted by atomic mass is 9.72. The number of piperidine rings is 1. The Labute approximate surface area is 191 Å². The smallest absolute Gasteiger partial charge is 0.317 e. The van der Waals surface area contributed by atoms with Crippen molar-refractivity contribution in [1.82, 2.24) is 20.1 Å². The number of likely N-dealkylation sites (tertiary alicyclic amines) is 1. The van der Waals surface area contributed by atoms with Gasteiger partial charge in [-0.25, -0.2) is 4.79 Å². The van der Waals surface area contributed by atoms with Crippen LogP contribution in [0.1, 0.15) is 80.6 Å².